The van der Waals surface area contributed by atoms with E-state index in [9.17, 15) is 9.90 Å². The Morgan fingerprint density at radius 1 is 1.38 bits per heavy atom. The van der Waals surface area contributed by atoms with E-state index in [-0.39, 0.29) is 5.91 Å². The molecule has 0 aromatic heterocycles. The van der Waals surface area contributed by atoms with Crippen molar-refractivity contribution in [3.05, 3.63) is 0 Å². The van der Waals surface area contributed by atoms with Crippen molar-refractivity contribution < 1.29 is 9.90 Å². The number of rotatable bonds is 3. The number of carbonyl (C=O) groups is 1. The van der Waals surface area contributed by atoms with Gasteiger partial charge in [-0.1, -0.05) is 19.3 Å². The SMILES string of the molecule is CN(CC(C)(C)O)C(=O)C1(N)CCCCC1. The Morgan fingerprint density at radius 3 is 2.31 bits per heavy atom. The second-order valence-electron chi connectivity index (χ2n) is 5.69. The van der Waals surface area contributed by atoms with Gasteiger partial charge in [-0.05, 0) is 26.7 Å². The molecule has 0 heterocycles. The van der Waals surface area contributed by atoms with Crippen LogP contribution in [-0.4, -0.2) is 40.6 Å². The number of carbonyl (C=O) groups excluding carboxylic acids is 1. The molecule has 3 N–H and O–H groups in total. The van der Waals surface area contributed by atoms with E-state index in [1.807, 2.05) is 0 Å². The van der Waals surface area contributed by atoms with Crippen LogP contribution in [0, 0.1) is 0 Å². The minimum absolute atomic E-state index is 0.0330. The standard InChI is InChI=1S/C12H24N2O2/c1-11(2,16)9-14(3)10(15)12(13)7-5-4-6-8-12/h16H,4-9,13H2,1-3H3. The fraction of sp³-hybridized carbons (Fsp3) is 0.917. The van der Waals surface area contributed by atoms with Crippen LogP contribution in [0.5, 0.6) is 0 Å². The number of hydrogen-bond acceptors (Lipinski definition) is 3. The lowest BCUT2D eigenvalue weighted by Gasteiger charge is -2.37. The molecule has 0 aliphatic heterocycles. The molecule has 16 heavy (non-hydrogen) atoms. The molecule has 94 valence electrons. The first-order valence-electron chi connectivity index (χ1n) is 6.01. The van der Waals surface area contributed by atoms with E-state index in [4.69, 9.17) is 5.73 Å². The molecule has 1 amide bonds. The molecule has 0 radical (unpaired) electrons. The number of hydrogen-bond donors (Lipinski definition) is 2. The average molecular weight is 228 g/mol. The van der Waals surface area contributed by atoms with E-state index < -0.39 is 11.1 Å². The monoisotopic (exact) mass is 228 g/mol. The fourth-order valence-corrected chi connectivity index (χ4v) is 2.43. The van der Waals surface area contributed by atoms with Gasteiger partial charge in [0.25, 0.3) is 0 Å². The maximum absolute atomic E-state index is 12.2. The molecular weight excluding hydrogens is 204 g/mol. The zero-order valence-electron chi connectivity index (χ0n) is 10.6. The minimum Gasteiger partial charge on any atom is -0.389 e. The van der Waals surface area contributed by atoms with Gasteiger partial charge in [0.05, 0.1) is 11.1 Å². The minimum atomic E-state index is -0.866. The summed E-state index contributed by atoms with van der Waals surface area (Å²) >= 11 is 0. The first-order chi connectivity index (χ1) is 7.25. The van der Waals surface area contributed by atoms with Crippen molar-refractivity contribution in [3.8, 4) is 0 Å². The molecule has 0 spiro atoms. The number of nitrogens with two attached hydrogens (primary N) is 1. The van der Waals surface area contributed by atoms with Crippen molar-refractivity contribution in [3.63, 3.8) is 0 Å². The summed E-state index contributed by atoms with van der Waals surface area (Å²) < 4.78 is 0. The van der Waals surface area contributed by atoms with E-state index in [1.165, 1.54) is 6.42 Å². The van der Waals surface area contributed by atoms with Gasteiger partial charge >= 0.3 is 0 Å². The molecule has 1 fully saturated rings. The summed E-state index contributed by atoms with van der Waals surface area (Å²) in [7, 11) is 1.71. The third kappa shape index (κ3) is 3.46. The molecule has 1 saturated carbocycles. The lowest BCUT2D eigenvalue weighted by Crippen LogP contribution is -2.57. The third-order valence-corrected chi connectivity index (χ3v) is 3.14. The van der Waals surface area contributed by atoms with E-state index in [0.29, 0.717) is 6.54 Å². The molecule has 1 aliphatic rings. The highest BCUT2D eigenvalue weighted by molar-refractivity contribution is 5.86. The predicted molar refractivity (Wildman–Crippen MR) is 63.9 cm³/mol. The number of nitrogens with zero attached hydrogens (tertiary/aromatic N) is 1. The third-order valence-electron chi connectivity index (χ3n) is 3.14. The first-order valence-corrected chi connectivity index (χ1v) is 6.01. The van der Waals surface area contributed by atoms with Crippen molar-refractivity contribution in [2.45, 2.75) is 57.1 Å². The van der Waals surface area contributed by atoms with E-state index in [1.54, 1.807) is 25.8 Å². The van der Waals surface area contributed by atoms with Crippen LogP contribution in [0.4, 0.5) is 0 Å². The van der Waals surface area contributed by atoms with Crippen LogP contribution < -0.4 is 5.73 Å². The summed E-state index contributed by atoms with van der Waals surface area (Å²) in [6, 6.07) is 0. The second-order valence-corrected chi connectivity index (χ2v) is 5.69. The number of likely N-dealkylation sites (N-methyl/N-ethyl adjacent to an activating group) is 1. The van der Waals surface area contributed by atoms with Gasteiger partial charge in [0.1, 0.15) is 0 Å². The Hall–Kier alpha value is -0.610. The van der Waals surface area contributed by atoms with Crippen LogP contribution in [-0.2, 0) is 4.79 Å². The molecule has 0 saturated heterocycles. The molecule has 4 nitrogen and oxygen atoms in total. The predicted octanol–water partition coefficient (Wildman–Crippen LogP) is 0.877. The largest absolute Gasteiger partial charge is 0.389 e. The topological polar surface area (TPSA) is 66.6 Å². The summed E-state index contributed by atoms with van der Waals surface area (Å²) in [5, 5.41) is 9.68. The summed E-state index contributed by atoms with van der Waals surface area (Å²) in [5.74, 6) is -0.0330. The van der Waals surface area contributed by atoms with Crippen LogP contribution in [0.25, 0.3) is 0 Å². The Balaban J connectivity index is 2.62. The normalized spacial score (nSPS) is 20.6. The van der Waals surface area contributed by atoms with E-state index >= 15 is 0 Å². The van der Waals surface area contributed by atoms with Crippen LogP contribution in [0.3, 0.4) is 0 Å². The smallest absolute Gasteiger partial charge is 0.242 e. The maximum Gasteiger partial charge on any atom is 0.242 e. The van der Waals surface area contributed by atoms with Gasteiger partial charge in [0, 0.05) is 13.6 Å². The van der Waals surface area contributed by atoms with Gasteiger partial charge in [-0.15, -0.1) is 0 Å². The molecule has 1 aliphatic carbocycles. The Bertz CT molecular complexity index is 252. The van der Waals surface area contributed by atoms with E-state index in [2.05, 4.69) is 0 Å². The zero-order valence-corrected chi connectivity index (χ0v) is 10.6. The molecule has 0 aromatic rings. The Kier molecular flexibility index (Phi) is 3.97. The average Bonchev–Trinajstić information content (AvgIpc) is 2.15. The van der Waals surface area contributed by atoms with Crippen molar-refractivity contribution in [1.82, 2.24) is 4.90 Å². The lowest BCUT2D eigenvalue weighted by atomic mass is 9.81. The summed E-state index contributed by atoms with van der Waals surface area (Å²) in [5.41, 5.74) is 4.59. The lowest BCUT2D eigenvalue weighted by molar-refractivity contribution is -0.139. The molecule has 0 bridgehead atoms. The Morgan fingerprint density at radius 2 is 1.88 bits per heavy atom. The molecule has 0 aromatic carbocycles. The Labute approximate surface area is 97.8 Å². The highest BCUT2D eigenvalue weighted by atomic mass is 16.3. The maximum atomic E-state index is 12.2. The highest BCUT2D eigenvalue weighted by Crippen LogP contribution is 2.27. The van der Waals surface area contributed by atoms with Gasteiger partial charge in [0.15, 0.2) is 0 Å². The van der Waals surface area contributed by atoms with E-state index in [0.717, 1.165) is 25.7 Å². The molecule has 4 heteroatoms. The molecule has 0 atom stereocenters. The number of aliphatic hydroxyl groups is 1. The van der Waals surface area contributed by atoms with Crippen LogP contribution >= 0.6 is 0 Å². The quantitative estimate of drug-likeness (QED) is 0.753. The van der Waals surface area contributed by atoms with Gasteiger partial charge in [0.2, 0.25) is 5.91 Å². The summed E-state index contributed by atoms with van der Waals surface area (Å²) in [4.78, 5) is 13.7. The first kappa shape index (κ1) is 13.5. The highest BCUT2D eigenvalue weighted by Gasteiger charge is 2.38. The van der Waals surface area contributed by atoms with Crippen molar-refractivity contribution in [2.75, 3.05) is 13.6 Å². The summed E-state index contributed by atoms with van der Waals surface area (Å²) in [6.07, 6.45) is 4.75. The summed E-state index contributed by atoms with van der Waals surface area (Å²) in [6.45, 7) is 3.71. The van der Waals surface area contributed by atoms with Gasteiger partial charge in [-0.25, -0.2) is 0 Å². The molecule has 1 rings (SSSR count). The van der Waals surface area contributed by atoms with Crippen molar-refractivity contribution in [2.24, 2.45) is 5.73 Å². The fourth-order valence-electron chi connectivity index (χ4n) is 2.43. The van der Waals surface area contributed by atoms with Gasteiger partial charge in [-0.3, -0.25) is 4.79 Å². The van der Waals surface area contributed by atoms with Gasteiger partial charge < -0.3 is 15.7 Å². The van der Waals surface area contributed by atoms with Gasteiger partial charge in [-0.2, -0.15) is 0 Å². The van der Waals surface area contributed by atoms with Crippen LogP contribution in [0.15, 0.2) is 0 Å². The zero-order chi connectivity index (χ0) is 12.4. The number of amides is 1. The van der Waals surface area contributed by atoms with Crippen LogP contribution in [0.2, 0.25) is 0 Å². The van der Waals surface area contributed by atoms with Crippen LogP contribution in [0.1, 0.15) is 46.0 Å². The second kappa shape index (κ2) is 4.72. The molecule has 0 unspecified atom stereocenters. The molecular formula is C12H24N2O2. The van der Waals surface area contributed by atoms with Crippen molar-refractivity contribution in [1.29, 1.82) is 0 Å². The van der Waals surface area contributed by atoms with Crippen molar-refractivity contribution >= 4 is 5.91 Å².